The monoisotopic (exact) mass is 299 g/mol. The van der Waals surface area contributed by atoms with Crippen LogP contribution < -0.4 is 5.32 Å². The fourth-order valence-corrected chi connectivity index (χ4v) is 2.72. The molecule has 0 aliphatic heterocycles. The van der Waals surface area contributed by atoms with E-state index in [1.807, 2.05) is 0 Å². The van der Waals surface area contributed by atoms with Crippen LogP contribution in [0, 0.1) is 0 Å². The zero-order chi connectivity index (χ0) is 15.4. The molecule has 0 aromatic rings. The third-order valence-corrected chi connectivity index (χ3v) is 4.39. The summed E-state index contributed by atoms with van der Waals surface area (Å²) in [6.45, 7) is 6.43. The minimum Gasteiger partial charge on any atom is -0.394 e. The predicted octanol–water partition coefficient (Wildman–Crippen LogP) is 4.04. The Hall–Kier alpha value is -0.120. The molecule has 1 aliphatic carbocycles. The lowest BCUT2D eigenvalue weighted by atomic mass is 9.95. The van der Waals surface area contributed by atoms with Gasteiger partial charge in [0.05, 0.1) is 6.61 Å². The van der Waals surface area contributed by atoms with Gasteiger partial charge in [0.1, 0.15) is 0 Å². The molecule has 3 nitrogen and oxygen atoms in total. The molecule has 0 aromatic heterocycles. The molecule has 3 heteroatoms. The summed E-state index contributed by atoms with van der Waals surface area (Å²) in [7, 11) is 0. The molecule has 1 saturated carbocycles. The SMILES string of the molecule is CCCCCCCCOCCCCC(C)(CO)NC1CC1. The molecule has 0 aromatic carbocycles. The molecule has 0 heterocycles. The van der Waals surface area contributed by atoms with Gasteiger partial charge < -0.3 is 15.2 Å². The van der Waals surface area contributed by atoms with Crippen molar-refractivity contribution in [1.29, 1.82) is 0 Å². The standard InChI is InChI=1S/C18H37NO2/c1-3-4-5-6-7-9-14-21-15-10-8-13-18(2,16-20)19-17-11-12-17/h17,19-20H,3-16H2,1-2H3. The van der Waals surface area contributed by atoms with Crippen molar-refractivity contribution in [3.8, 4) is 0 Å². The number of ether oxygens (including phenoxy) is 1. The van der Waals surface area contributed by atoms with Gasteiger partial charge in [-0.25, -0.2) is 0 Å². The van der Waals surface area contributed by atoms with Crippen molar-refractivity contribution < 1.29 is 9.84 Å². The molecule has 0 amide bonds. The molecule has 126 valence electrons. The van der Waals surface area contributed by atoms with E-state index in [1.165, 1.54) is 51.4 Å². The molecule has 0 radical (unpaired) electrons. The van der Waals surface area contributed by atoms with Gasteiger partial charge in [0.25, 0.3) is 0 Å². The Morgan fingerprint density at radius 1 is 1.00 bits per heavy atom. The molecule has 1 aliphatic rings. The number of nitrogens with one attached hydrogen (secondary N) is 1. The summed E-state index contributed by atoms with van der Waals surface area (Å²) in [6.07, 6.45) is 13.8. The smallest absolute Gasteiger partial charge is 0.0610 e. The minimum atomic E-state index is -0.0829. The second-order valence-corrected chi connectivity index (χ2v) is 6.97. The number of aliphatic hydroxyl groups excluding tert-OH is 1. The van der Waals surface area contributed by atoms with E-state index in [9.17, 15) is 5.11 Å². The van der Waals surface area contributed by atoms with Crippen molar-refractivity contribution >= 4 is 0 Å². The van der Waals surface area contributed by atoms with Gasteiger partial charge in [-0.15, -0.1) is 0 Å². The minimum absolute atomic E-state index is 0.0829. The van der Waals surface area contributed by atoms with Gasteiger partial charge in [-0.2, -0.15) is 0 Å². The molecule has 21 heavy (non-hydrogen) atoms. The summed E-state index contributed by atoms with van der Waals surface area (Å²) in [5.41, 5.74) is -0.0829. The van der Waals surface area contributed by atoms with Crippen molar-refractivity contribution in [3.63, 3.8) is 0 Å². The van der Waals surface area contributed by atoms with Crippen LogP contribution in [0.4, 0.5) is 0 Å². The van der Waals surface area contributed by atoms with Crippen LogP contribution in [0.1, 0.15) is 84.5 Å². The van der Waals surface area contributed by atoms with Gasteiger partial charge in [0.15, 0.2) is 0 Å². The molecular weight excluding hydrogens is 262 g/mol. The summed E-state index contributed by atoms with van der Waals surface area (Å²) in [6, 6.07) is 0.658. The average Bonchev–Trinajstić information content (AvgIpc) is 3.28. The Morgan fingerprint density at radius 2 is 1.62 bits per heavy atom. The third-order valence-electron chi connectivity index (χ3n) is 4.39. The van der Waals surface area contributed by atoms with E-state index < -0.39 is 0 Å². The maximum Gasteiger partial charge on any atom is 0.0610 e. The first kappa shape index (κ1) is 18.9. The van der Waals surface area contributed by atoms with E-state index in [0.717, 1.165) is 32.5 Å². The molecule has 1 unspecified atom stereocenters. The first-order valence-electron chi connectivity index (χ1n) is 9.16. The second-order valence-electron chi connectivity index (χ2n) is 6.97. The molecule has 0 bridgehead atoms. The Bertz CT molecular complexity index is 243. The van der Waals surface area contributed by atoms with Crippen LogP contribution in [0.2, 0.25) is 0 Å². The highest BCUT2D eigenvalue weighted by atomic mass is 16.5. The maximum absolute atomic E-state index is 9.53. The average molecular weight is 299 g/mol. The topological polar surface area (TPSA) is 41.5 Å². The van der Waals surface area contributed by atoms with Crippen molar-refractivity contribution in [2.24, 2.45) is 0 Å². The van der Waals surface area contributed by atoms with Crippen LogP contribution in [0.5, 0.6) is 0 Å². The van der Waals surface area contributed by atoms with E-state index in [2.05, 4.69) is 19.2 Å². The highest BCUT2D eigenvalue weighted by molar-refractivity contribution is 4.92. The molecule has 0 spiro atoms. The maximum atomic E-state index is 9.53. The Labute approximate surface area is 131 Å². The van der Waals surface area contributed by atoms with Crippen LogP contribution in [-0.4, -0.2) is 36.5 Å². The summed E-state index contributed by atoms with van der Waals surface area (Å²) >= 11 is 0. The highest BCUT2D eigenvalue weighted by Gasteiger charge is 2.31. The van der Waals surface area contributed by atoms with Crippen molar-refractivity contribution in [2.75, 3.05) is 19.8 Å². The van der Waals surface area contributed by atoms with Gasteiger partial charge in [0, 0.05) is 24.8 Å². The van der Waals surface area contributed by atoms with Crippen molar-refractivity contribution in [2.45, 2.75) is 96.1 Å². The summed E-state index contributed by atoms with van der Waals surface area (Å²) in [5.74, 6) is 0. The van der Waals surface area contributed by atoms with E-state index in [4.69, 9.17) is 4.74 Å². The Kier molecular flexibility index (Phi) is 10.3. The molecule has 2 N–H and O–H groups in total. The molecule has 1 atom stereocenters. The number of hydrogen-bond donors (Lipinski definition) is 2. The Balaban J connectivity index is 1.85. The summed E-state index contributed by atoms with van der Waals surface area (Å²) in [5, 5.41) is 13.1. The van der Waals surface area contributed by atoms with Gasteiger partial charge in [0.2, 0.25) is 0 Å². The first-order valence-corrected chi connectivity index (χ1v) is 9.16. The van der Waals surface area contributed by atoms with Gasteiger partial charge in [-0.05, 0) is 45.4 Å². The first-order chi connectivity index (χ1) is 10.2. The number of unbranched alkanes of at least 4 members (excludes halogenated alkanes) is 6. The van der Waals surface area contributed by atoms with Gasteiger partial charge in [-0.3, -0.25) is 0 Å². The molecule has 0 saturated heterocycles. The molecule has 1 rings (SSSR count). The van der Waals surface area contributed by atoms with Crippen LogP contribution in [0.3, 0.4) is 0 Å². The normalized spacial score (nSPS) is 17.9. The van der Waals surface area contributed by atoms with E-state index >= 15 is 0 Å². The van der Waals surface area contributed by atoms with Crippen LogP contribution >= 0.6 is 0 Å². The summed E-state index contributed by atoms with van der Waals surface area (Å²) < 4.78 is 5.70. The summed E-state index contributed by atoms with van der Waals surface area (Å²) in [4.78, 5) is 0. The fourth-order valence-electron chi connectivity index (χ4n) is 2.72. The quantitative estimate of drug-likeness (QED) is 0.448. The number of rotatable bonds is 15. The zero-order valence-corrected chi connectivity index (χ0v) is 14.3. The lowest BCUT2D eigenvalue weighted by Crippen LogP contribution is -2.46. The van der Waals surface area contributed by atoms with Crippen LogP contribution in [0.25, 0.3) is 0 Å². The molecule has 1 fully saturated rings. The van der Waals surface area contributed by atoms with Crippen molar-refractivity contribution in [3.05, 3.63) is 0 Å². The van der Waals surface area contributed by atoms with E-state index in [0.29, 0.717) is 6.04 Å². The number of aliphatic hydroxyl groups is 1. The lowest BCUT2D eigenvalue weighted by Gasteiger charge is -2.29. The highest BCUT2D eigenvalue weighted by Crippen LogP contribution is 2.24. The van der Waals surface area contributed by atoms with E-state index in [-0.39, 0.29) is 12.1 Å². The Morgan fingerprint density at radius 3 is 2.24 bits per heavy atom. The lowest BCUT2D eigenvalue weighted by molar-refractivity contribution is 0.118. The van der Waals surface area contributed by atoms with Crippen molar-refractivity contribution in [1.82, 2.24) is 5.32 Å². The van der Waals surface area contributed by atoms with Crippen LogP contribution in [-0.2, 0) is 4.74 Å². The second kappa shape index (κ2) is 11.4. The molecular formula is C18H37NO2. The largest absolute Gasteiger partial charge is 0.394 e. The zero-order valence-electron chi connectivity index (χ0n) is 14.3. The van der Waals surface area contributed by atoms with Gasteiger partial charge in [-0.1, -0.05) is 39.0 Å². The van der Waals surface area contributed by atoms with E-state index in [1.54, 1.807) is 0 Å². The predicted molar refractivity (Wildman–Crippen MR) is 89.7 cm³/mol. The third kappa shape index (κ3) is 10.3. The fraction of sp³-hybridized carbons (Fsp3) is 1.00. The van der Waals surface area contributed by atoms with Gasteiger partial charge >= 0.3 is 0 Å². The number of hydrogen-bond acceptors (Lipinski definition) is 3. The van der Waals surface area contributed by atoms with Crippen LogP contribution in [0.15, 0.2) is 0 Å².